The van der Waals surface area contributed by atoms with Crippen LogP contribution in [-0.2, 0) is 0 Å². The molecule has 2 aromatic heterocycles. The molecule has 1 aromatic carbocycles. The lowest BCUT2D eigenvalue weighted by atomic mass is 10.2. The number of nitrogen functional groups attached to an aromatic ring is 1. The van der Waals surface area contributed by atoms with Gasteiger partial charge in [-0.2, -0.15) is 4.98 Å². The summed E-state index contributed by atoms with van der Waals surface area (Å²) in [4.78, 5) is 8.58. The molecule has 0 saturated heterocycles. The van der Waals surface area contributed by atoms with Gasteiger partial charge in [0.1, 0.15) is 0 Å². The highest BCUT2D eigenvalue weighted by atomic mass is 16.5. The quantitative estimate of drug-likeness (QED) is 0.709. The molecule has 94 valence electrons. The van der Waals surface area contributed by atoms with E-state index < -0.39 is 0 Å². The largest absolute Gasteiger partial charge is 0.399 e. The molecule has 0 saturated carbocycles. The standard InChI is InChI=1S/C14H12N4O/c1-9-12(6-3-7-16-9)14-17-13(18-19-14)10-4-2-5-11(15)8-10/h2-8H,15H2,1H3. The van der Waals surface area contributed by atoms with Crippen LogP contribution in [-0.4, -0.2) is 15.1 Å². The molecule has 0 spiro atoms. The van der Waals surface area contributed by atoms with Crippen LogP contribution < -0.4 is 5.73 Å². The lowest BCUT2D eigenvalue weighted by Gasteiger charge is -1.97. The Morgan fingerprint density at radius 3 is 2.84 bits per heavy atom. The van der Waals surface area contributed by atoms with Gasteiger partial charge in [-0.3, -0.25) is 4.98 Å². The van der Waals surface area contributed by atoms with Crippen LogP contribution in [0.4, 0.5) is 5.69 Å². The highest BCUT2D eigenvalue weighted by Gasteiger charge is 2.12. The second-order valence-corrected chi connectivity index (χ2v) is 4.18. The summed E-state index contributed by atoms with van der Waals surface area (Å²) in [6, 6.07) is 11.1. The van der Waals surface area contributed by atoms with Crippen LogP contribution in [0.3, 0.4) is 0 Å². The third-order valence-electron chi connectivity index (χ3n) is 2.81. The van der Waals surface area contributed by atoms with E-state index >= 15 is 0 Å². The van der Waals surface area contributed by atoms with Crippen molar-refractivity contribution in [3.05, 3.63) is 48.3 Å². The molecule has 2 N–H and O–H groups in total. The number of nitrogens with zero attached hydrogens (tertiary/aromatic N) is 3. The molecule has 0 aliphatic rings. The Balaban J connectivity index is 2.03. The molecule has 0 atom stereocenters. The van der Waals surface area contributed by atoms with Crippen molar-refractivity contribution in [2.75, 3.05) is 5.73 Å². The van der Waals surface area contributed by atoms with E-state index in [2.05, 4.69) is 15.1 Å². The van der Waals surface area contributed by atoms with Crippen LogP contribution in [0, 0.1) is 6.92 Å². The Hall–Kier alpha value is -2.69. The fourth-order valence-corrected chi connectivity index (χ4v) is 1.84. The lowest BCUT2D eigenvalue weighted by molar-refractivity contribution is 0.432. The molecule has 0 aliphatic carbocycles. The SMILES string of the molecule is Cc1ncccc1-c1nc(-c2cccc(N)c2)no1. The van der Waals surface area contributed by atoms with Crippen molar-refractivity contribution in [2.24, 2.45) is 0 Å². The van der Waals surface area contributed by atoms with Crippen LogP contribution in [0.15, 0.2) is 47.1 Å². The maximum Gasteiger partial charge on any atom is 0.260 e. The third kappa shape index (κ3) is 2.18. The van der Waals surface area contributed by atoms with Crippen molar-refractivity contribution in [1.82, 2.24) is 15.1 Å². The predicted octanol–water partition coefficient (Wildman–Crippen LogP) is 2.69. The van der Waals surface area contributed by atoms with E-state index in [0.29, 0.717) is 17.4 Å². The number of nitrogens with two attached hydrogens (primary N) is 1. The number of rotatable bonds is 2. The Labute approximate surface area is 110 Å². The monoisotopic (exact) mass is 252 g/mol. The Kier molecular flexibility index (Phi) is 2.72. The first-order chi connectivity index (χ1) is 9.24. The van der Waals surface area contributed by atoms with Gasteiger partial charge in [-0.15, -0.1) is 0 Å². The third-order valence-corrected chi connectivity index (χ3v) is 2.81. The van der Waals surface area contributed by atoms with Gasteiger partial charge in [0.2, 0.25) is 5.82 Å². The Morgan fingerprint density at radius 1 is 1.16 bits per heavy atom. The number of benzene rings is 1. The van der Waals surface area contributed by atoms with E-state index in [1.54, 1.807) is 6.20 Å². The van der Waals surface area contributed by atoms with Crippen LogP contribution in [0.25, 0.3) is 22.8 Å². The normalized spacial score (nSPS) is 10.6. The van der Waals surface area contributed by atoms with E-state index in [1.165, 1.54) is 0 Å². The maximum atomic E-state index is 5.74. The van der Waals surface area contributed by atoms with Gasteiger partial charge in [0.15, 0.2) is 0 Å². The molecule has 3 aromatic rings. The summed E-state index contributed by atoms with van der Waals surface area (Å²) in [5.74, 6) is 0.980. The number of pyridine rings is 1. The summed E-state index contributed by atoms with van der Waals surface area (Å²) in [6.45, 7) is 1.90. The molecular formula is C14H12N4O. The van der Waals surface area contributed by atoms with E-state index in [4.69, 9.17) is 10.3 Å². The van der Waals surface area contributed by atoms with Gasteiger partial charge in [-0.25, -0.2) is 0 Å². The number of hydrogen-bond donors (Lipinski definition) is 1. The molecule has 0 amide bonds. The molecule has 2 heterocycles. The average molecular weight is 252 g/mol. The van der Waals surface area contributed by atoms with Gasteiger partial charge in [0.05, 0.1) is 5.56 Å². The lowest BCUT2D eigenvalue weighted by Crippen LogP contribution is -1.88. The van der Waals surface area contributed by atoms with Crippen LogP contribution >= 0.6 is 0 Å². The summed E-state index contributed by atoms with van der Waals surface area (Å²) in [5, 5.41) is 3.98. The minimum absolute atomic E-state index is 0.461. The summed E-state index contributed by atoms with van der Waals surface area (Å²) in [5.41, 5.74) is 8.93. The number of anilines is 1. The van der Waals surface area contributed by atoms with Crippen molar-refractivity contribution in [2.45, 2.75) is 6.92 Å². The smallest absolute Gasteiger partial charge is 0.260 e. The highest BCUT2D eigenvalue weighted by molar-refractivity contribution is 5.63. The minimum Gasteiger partial charge on any atom is -0.399 e. The summed E-state index contributed by atoms with van der Waals surface area (Å²) in [6.07, 6.45) is 1.73. The second kappa shape index (κ2) is 4.53. The van der Waals surface area contributed by atoms with Crippen molar-refractivity contribution < 1.29 is 4.52 Å². The van der Waals surface area contributed by atoms with E-state index in [1.807, 2.05) is 43.3 Å². The zero-order valence-corrected chi connectivity index (χ0v) is 10.4. The van der Waals surface area contributed by atoms with Crippen molar-refractivity contribution in [3.8, 4) is 22.8 Å². The first-order valence-electron chi connectivity index (χ1n) is 5.85. The van der Waals surface area contributed by atoms with Gasteiger partial charge in [0.25, 0.3) is 5.89 Å². The zero-order chi connectivity index (χ0) is 13.2. The van der Waals surface area contributed by atoms with Gasteiger partial charge >= 0.3 is 0 Å². The van der Waals surface area contributed by atoms with Crippen molar-refractivity contribution >= 4 is 5.69 Å². The summed E-state index contributed by atoms with van der Waals surface area (Å²) < 4.78 is 5.28. The van der Waals surface area contributed by atoms with Crippen molar-refractivity contribution in [3.63, 3.8) is 0 Å². The van der Waals surface area contributed by atoms with Crippen LogP contribution in [0.2, 0.25) is 0 Å². The number of hydrogen-bond acceptors (Lipinski definition) is 5. The molecule has 3 rings (SSSR count). The molecule has 0 fully saturated rings. The maximum absolute atomic E-state index is 5.74. The van der Waals surface area contributed by atoms with Gasteiger partial charge in [0, 0.05) is 23.1 Å². The first kappa shape index (κ1) is 11.4. The molecule has 0 aliphatic heterocycles. The average Bonchev–Trinajstić information content (AvgIpc) is 2.89. The van der Waals surface area contributed by atoms with Crippen LogP contribution in [0.1, 0.15) is 5.69 Å². The summed E-state index contributed by atoms with van der Waals surface area (Å²) in [7, 11) is 0. The molecule has 5 nitrogen and oxygen atoms in total. The first-order valence-corrected chi connectivity index (χ1v) is 5.85. The Bertz CT molecular complexity index is 721. The highest BCUT2D eigenvalue weighted by Crippen LogP contribution is 2.24. The van der Waals surface area contributed by atoms with E-state index in [9.17, 15) is 0 Å². The molecule has 0 bridgehead atoms. The van der Waals surface area contributed by atoms with Gasteiger partial charge < -0.3 is 10.3 Å². The molecule has 5 heteroatoms. The minimum atomic E-state index is 0.461. The summed E-state index contributed by atoms with van der Waals surface area (Å²) >= 11 is 0. The van der Waals surface area contributed by atoms with Crippen LogP contribution in [0.5, 0.6) is 0 Å². The van der Waals surface area contributed by atoms with Crippen molar-refractivity contribution in [1.29, 1.82) is 0 Å². The van der Waals surface area contributed by atoms with E-state index in [-0.39, 0.29) is 0 Å². The van der Waals surface area contributed by atoms with Gasteiger partial charge in [-0.1, -0.05) is 17.3 Å². The number of aromatic nitrogens is 3. The molecular weight excluding hydrogens is 240 g/mol. The second-order valence-electron chi connectivity index (χ2n) is 4.18. The molecule has 19 heavy (non-hydrogen) atoms. The molecule has 0 radical (unpaired) electrons. The molecule has 0 unspecified atom stereocenters. The predicted molar refractivity (Wildman–Crippen MR) is 72.1 cm³/mol. The Morgan fingerprint density at radius 2 is 2.05 bits per heavy atom. The topological polar surface area (TPSA) is 77.8 Å². The zero-order valence-electron chi connectivity index (χ0n) is 10.4. The number of aryl methyl sites for hydroxylation is 1. The van der Waals surface area contributed by atoms with Gasteiger partial charge in [-0.05, 0) is 31.2 Å². The fraction of sp³-hybridized carbons (Fsp3) is 0.0714. The fourth-order valence-electron chi connectivity index (χ4n) is 1.84. The van der Waals surface area contributed by atoms with E-state index in [0.717, 1.165) is 16.8 Å².